The number of alkyl halides is 2. The van der Waals surface area contributed by atoms with Crippen molar-refractivity contribution in [3.05, 3.63) is 11.5 Å². The van der Waals surface area contributed by atoms with Gasteiger partial charge in [-0.3, -0.25) is 0 Å². The first-order valence-corrected chi connectivity index (χ1v) is 5.86. The van der Waals surface area contributed by atoms with E-state index in [9.17, 15) is 0 Å². The van der Waals surface area contributed by atoms with Crippen LogP contribution in [0.4, 0.5) is 0 Å². The van der Waals surface area contributed by atoms with Crippen molar-refractivity contribution in [2.75, 3.05) is 31.5 Å². The summed E-state index contributed by atoms with van der Waals surface area (Å²) in [6, 6.07) is 3.60. The summed E-state index contributed by atoms with van der Waals surface area (Å²) in [5.74, 6) is 1.00. The zero-order valence-electron chi connectivity index (χ0n) is 9.04. The number of allylic oxidation sites excluding steroid dienone is 1. The zero-order chi connectivity index (χ0) is 12.4. The van der Waals surface area contributed by atoms with E-state index in [-0.39, 0.29) is 11.5 Å². The Morgan fingerprint density at radius 3 is 2.00 bits per heavy atom. The van der Waals surface area contributed by atoms with E-state index in [0.29, 0.717) is 31.5 Å². The quantitative estimate of drug-likeness (QED) is 0.400. The van der Waals surface area contributed by atoms with E-state index in [1.54, 1.807) is 24.0 Å². The molecule has 0 saturated carbocycles. The topological polar surface area (TPSA) is 60.0 Å². The lowest BCUT2D eigenvalue weighted by Gasteiger charge is -2.25. The highest BCUT2D eigenvalue weighted by Gasteiger charge is 2.15. The van der Waals surface area contributed by atoms with Gasteiger partial charge in [0.2, 0.25) is 5.88 Å². The molecule has 0 atom stereocenters. The van der Waals surface area contributed by atoms with E-state index in [1.807, 2.05) is 0 Å². The van der Waals surface area contributed by atoms with Crippen LogP contribution >= 0.6 is 23.2 Å². The molecule has 0 aromatic heterocycles. The molecule has 4 nitrogen and oxygen atoms in total. The van der Waals surface area contributed by atoms with Crippen molar-refractivity contribution in [1.82, 2.24) is 4.90 Å². The van der Waals surface area contributed by atoms with E-state index in [4.69, 9.17) is 38.5 Å². The molecule has 0 bridgehead atoms. The minimum absolute atomic E-state index is 0.0583. The van der Waals surface area contributed by atoms with Gasteiger partial charge >= 0.3 is 0 Å². The number of hydrogen-bond donors (Lipinski definition) is 0. The molecule has 88 valence electrons. The maximum Gasteiger partial charge on any atom is 0.218 e. The summed E-state index contributed by atoms with van der Waals surface area (Å²) < 4.78 is 5.30. The molecule has 0 aliphatic heterocycles. The predicted molar refractivity (Wildman–Crippen MR) is 62.9 cm³/mol. The van der Waals surface area contributed by atoms with Gasteiger partial charge < -0.3 is 9.64 Å². The summed E-state index contributed by atoms with van der Waals surface area (Å²) in [6.07, 6.45) is 0. The smallest absolute Gasteiger partial charge is 0.218 e. The lowest BCUT2D eigenvalue weighted by molar-refractivity contribution is 0.127. The molecule has 0 saturated heterocycles. The van der Waals surface area contributed by atoms with Crippen LogP contribution in [-0.2, 0) is 4.74 Å². The Morgan fingerprint density at radius 1 is 1.19 bits per heavy atom. The molecule has 6 heteroatoms. The fourth-order valence-electron chi connectivity index (χ4n) is 1.10. The largest absolute Gasteiger partial charge is 0.478 e. The van der Waals surface area contributed by atoms with Gasteiger partial charge in [-0.2, -0.15) is 10.5 Å². The molecule has 0 spiro atoms. The molecule has 0 aliphatic carbocycles. The van der Waals surface area contributed by atoms with Crippen LogP contribution in [-0.4, -0.2) is 36.4 Å². The van der Waals surface area contributed by atoms with Gasteiger partial charge in [-0.1, -0.05) is 0 Å². The third-order valence-electron chi connectivity index (χ3n) is 1.71. The van der Waals surface area contributed by atoms with Crippen molar-refractivity contribution in [2.45, 2.75) is 6.92 Å². The number of nitrogens with zero attached hydrogens (tertiary/aromatic N) is 3. The van der Waals surface area contributed by atoms with Gasteiger partial charge in [0, 0.05) is 24.8 Å². The molecular weight excluding hydrogens is 249 g/mol. The van der Waals surface area contributed by atoms with Crippen LogP contribution in [0.25, 0.3) is 0 Å². The summed E-state index contributed by atoms with van der Waals surface area (Å²) in [5, 5.41) is 17.6. The second-order valence-electron chi connectivity index (χ2n) is 2.70. The van der Waals surface area contributed by atoms with E-state index in [1.165, 1.54) is 0 Å². The van der Waals surface area contributed by atoms with E-state index >= 15 is 0 Å². The maximum absolute atomic E-state index is 8.81. The van der Waals surface area contributed by atoms with Gasteiger partial charge in [0.25, 0.3) is 0 Å². The van der Waals surface area contributed by atoms with Gasteiger partial charge in [-0.25, -0.2) is 0 Å². The van der Waals surface area contributed by atoms with Crippen LogP contribution in [0.3, 0.4) is 0 Å². The standard InChI is InChI=1S/C10H13Cl2N3O/c1-2-16-10(9(7-13)8-14)15(5-3-11)6-4-12/h2-6H2,1H3. The van der Waals surface area contributed by atoms with Crippen LogP contribution in [0.5, 0.6) is 0 Å². The van der Waals surface area contributed by atoms with Crippen LogP contribution in [0, 0.1) is 22.7 Å². The molecule has 0 heterocycles. The Balaban J connectivity index is 5.06. The minimum atomic E-state index is -0.0583. The second kappa shape index (κ2) is 9.15. The van der Waals surface area contributed by atoms with Gasteiger partial charge in [0.15, 0.2) is 5.57 Å². The Hall–Kier alpha value is -1.10. The van der Waals surface area contributed by atoms with Crippen LogP contribution in [0.15, 0.2) is 11.5 Å². The van der Waals surface area contributed by atoms with Crippen molar-refractivity contribution in [3.63, 3.8) is 0 Å². The lowest BCUT2D eigenvalue weighted by atomic mass is 10.3. The fourth-order valence-corrected chi connectivity index (χ4v) is 1.51. The molecule has 0 amide bonds. The molecule has 16 heavy (non-hydrogen) atoms. The summed E-state index contributed by atoms with van der Waals surface area (Å²) in [5.41, 5.74) is -0.0583. The average molecular weight is 262 g/mol. The number of hydrogen-bond acceptors (Lipinski definition) is 4. The first-order chi connectivity index (χ1) is 7.74. The Kier molecular flexibility index (Phi) is 8.52. The summed E-state index contributed by atoms with van der Waals surface area (Å²) >= 11 is 11.3. The Morgan fingerprint density at radius 2 is 1.69 bits per heavy atom. The number of nitriles is 2. The molecule has 0 aliphatic rings. The summed E-state index contributed by atoms with van der Waals surface area (Å²) in [7, 11) is 0. The van der Waals surface area contributed by atoms with E-state index in [2.05, 4.69) is 0 Å². The Labute approximate surface area is 106 Å². The fraction of sp³-hybridized carbons (Fsp3) is 0.600. The molecule has 0 aromatic rings. The first kappa shape index (κ1) is 14.9. The molecule has 0 aromatic carbocycles. The molecule has 0 radical (unpaired) electrons. The highest BCUT2D eigenvalue weighted by atomic mass is 35.5. The first-order valence-electron chi connectivity index (χ1n) is 4.79. The molecule has 0 N–H and O–H groups in total. The van der Waals surface area contributed by atoms with Crippen LogP contribution in [0.1, 0.15) is 6.92 Å². The predicted octanol–water partition coefficient (Wildman–Crippen LogP) is 2.06. The number of rotatable bonds is 7. The summed E-state index contributed by atoms with van der Waals surface area (Å²) in [6.45, 7) is 3.13. The average Bonchev–Trinajstić information content (AvgIpc) is 2.29. The molecule has 0 unspecified atom stereocenters. The molecule has 0 rings (SSSR count). The van der Waals surface area contributed by atoms with E-state index < -0.39 is 0 Å². The third kappa shape index (κ3) is 4.61. The zero-order valence-corrected chi connectivity index (χ0v) is 10.6. The van der Waals surface area contributed by atoms with E-state index in [0.717, 1.165) is 0 Å². The third-order valence-corrected chi connectivity index (χ3v) is 2.05. The van der Waals surface area contributed by atoms with Crippen molar-refractivity contribution < 1.29 is 4.74 Å². The van der Waals surface area contributed by atoms with Crippen molar-refractivity contribution in [3.8, 4) is 12.1 Å². The van der Waals surface area contributed by atoms with Crippen molar-refractivity contribution in [2.24, 2.45) is 0 Å². The normalized spacial score (nSPS) is 8.81. The minimum Gasteiger partial charge on any atom is -0.478 e. The molecule has 0 fully saturated rings. The lowest BCUT2D eigenvalue weighted by Crippen LogP contribution is -2.29. The van der Waals surface area contributed by atoms with Crippen LogP contribution in [0.2, 0.25) is 0 Å². The monoisotopic (exact) mass is 261 g/mol. The van der Waals surface area contributed by atoms with Crippen molar-refractivity contribution in [1.29, 1.82) is 10.5 Å². The van der Waals surface area contributed by atoms with Gasteiger partial charge in [0.1, 0.15) is 12.1 Å². The SMILES string of the molecule is CCOC(=C(C#N)C#N)N(CCCl)CCCl. The summed E-state index contributed by atoms with van der Waals surface area (Å²) in [4.78, 5) is 1.70. The van der Waals surface area contributed by atoms with Gasteiger partial charge in [-0.15, -0.1) is 23.2 Å². The van der Waals surface area contributed by atoms with Crippen molar-refractivity contribution >= 4 is 23.2 Å². The second-order valence-corrected chi connectivity index (χ2v) is 3.46. The highest BCUT2D eigenvalue weighted by Crippen LogP contribution is 2.12. The van der Waals surface area contributed by atoms with Gasteiger partial charge in [0.05, 0.1) is 6.61 Å². The Bertz CT molecular complexity index is 295. The highest BCUT2D eigenvalue weighted by molar-refractivity contribution is 6.18. The maximum atomic E-state index is 8.81. The molecular formula is C10H13Cl2N3O. The van der Waals surface area contributed by atoms with Crippen LogP contribution < -0.4 is 0 Å². The number of halogens is 2. The number of ether oxygens (including phenoxy) is 1. The van der Waals surface area contributed by atoms with Gasteiger partial charge in [-0.05, 0) is 6.92 Å².